The van der Waals surface area contributed by atoms with Gasteiger partial charge in [0.2, 0.25) is 0 Å². The number of methoxy groups -OCH3 is 1. The first-order valence-corrected chi connectivity index (χ1v) is 9.84. The highest BCUT2D eigenvalue weighted by atomic mass is 32.2. The molecule has 4 aromatic rings. The van der Waals surface area contributed by atoms with E-state index in [1.54, 1.807) is 29.8 Å². The number of rotatable bonds is 5. The van der Waals surface area contributed by atoms with Crippen molar-refractivity contribution in [3.8, 4) is 11.4 Å². The van der Waals surface area contributed by atoms with E-state index in [1.807, 2.05) is 0 Å². The number of carbonyl (C=O) groups excluding carboxylic acids is 1. The number of aromatic amines is 1. The number of thioether (sulfide) groups is 1. The van der Waals surface area contributed by atoms with Crippen molar-refractivity contribution < 1.29 is 13.9 Å². The Morgan fingerprint density at radius 1 is 1.20 bits per heavy atom. The number of aromatic nitrogens is 5. The van der Waals surface area contributed by atoms with Gasteiger partial charge in [0, 0.05) is 12.6 Å². The number of carbonyl (C=O) groups is 1. The van der Waals surface area contributed by atoms with Crippen molar-refractivity contribution in [2.24, 2.45) is 7.05 Å². The molecule has 2 aromatic heterocycles. The van der Waals surface area contributed by atoms with Gasteiger partial charge in [-0.3, -0.25) is 4.79 Å². The molecule has 0 spiro atoms. The number of esters is 1. The molecule has 0 saturated heterocycles. The lowest BCUT2D eigenvalue weighted by Gasteiger charge is -2.06. The zero-order chi connectivity index (χ0) is 21.3. The number of hydrogen-bond acceptors (Lipinski definition) is 7. The second-order valence-corrected chi connectivity index (χ2v) is 7.34. The van der Waals surface area contributed by atoms with Crippen molar-refractivity contribution in [1.82, 2.24) is 24.7 Å². The second kappa shape index (κ2) is 8.07. The maximum Gasteiger partial charge on any atom is 0.337 e. The Bertz CT molecular complexity index is 1300. The Kier molecular flexibility index (Phi) is 5.32. The van der Waals surface area contributed by atoms with Gasteiger partial charge in [-0.15, -0.1) is 10.2 Å². The molecule has 0 amide bonds. The fourth-order valence-corrected chi connectivity index (χ4v) is 3.71. The third kappa shape index (κ3) is 3.81. The lowest BCUT2D eigenvalue weighted by atomic mass is 10.1. The Hall–Kier alpha value is -3.53. The molecule has 0 atom stereocenters. The van der Waals surface area contributed by atoms with Gasteiger partial charge in [-0.05, 0) is 42.5 Å². The zero-order valence-corrected chi connectivity index (χ0v) is 16.9. The summed E-state index contributed by atoms with van der Waals surface area (Å²) in [6, 6.07) is 10.6. The summed E-state index contributed by atoms with van der Waals surface area (Å²) in [7, 11) is 3.10. The van der Waals surface area contributed by atoms with Crippen LogP contribution in [0.25, 0.3) is 22.3 Å². The molecule has 1 N–H and O–H groups in total. The number of nitrogens with one attached hydrogen (secondary N) is 1. The minimum atomic E-state index is -0.498. The average molecular weight is 425 g/mol. The summed E-state index contributed by atoms with van der Waals surface area (Å²) >= 11 is 1.34. The normalized spacial score (nSPS) is 11.0. The van der Waals surface area contributed by atoms with E-state index in [1.165, 1.54) is 43.1 Å². The summed E-state index contributed by atoms with van der Waals surface area (Å²) in [5, 5.41) is 9.32. The number of fused-ring (bicyclic) bond motifs is 1. The quantitative estimate of drug-likeness (QED) is 0.387. The molecular formula is C20H16FN5O3S. The lowest BCUT2D eigenvalue weighted by molar-refractivity contribution is 0.0601. The first-order valence-electron chi connectivity index (χ1n) is 8.85. The van der Waals surface area contributed by atoms with Crippen LogP contribution in [0.1, 0.15) is 16.2 Å². The highest BCUT2D eigenvalue weighted by Crippen LogP contribution is 2.24. The van der Waals surface area contributed by atoms with E-state index in [0.717, 1.165) is 5.56 Å². The molecule has 0 aliphatic carbocycles. The fraction of sp³-hybridized carbons (Fsp3) is 0.150. The third-order valence-corrected chi connectivity index (χ3v) is 5.48. The van der Waals surface area contributed by atoms with Gasteiger partial charge in [-0.1, -0.05) is 11.8 Å². The summed E-state index contributed by atoms with van der Waals surface area (Å²) in [5.41, 5.74) is 1.17. The highest BCUT2D eigenvalue weighted by Gasteiger charge is 2.14. The summed E-state index contributed by atoms with van der Waals surface area (Å²) in [5.74, 6) is 0.550. The van der Waals surface area contributed by atoms with Gasteiger partial charge in [-0.2, -0.15) is 0 Å². The van der Waals surface area contributed by atoms with Crippen molar-refractivity contribution in [1.29, 1.82) is 0 Å². The zero-order valence-electron chi connectivity index (χ0n) is 16.0. The molecule has 0 bridgehead atoms. The van der Waals surface area contributed by atoms with Crippen LogP contribution in [-0.2, 0) is 17.5 Å². The van der Waals surface area contributed by atoms with Gasteiger partial charge in [0.1, 0.15) is 11.6 Å². The molecular weight excluding hydrogens is 409 g/mol. The van der Waals surface area contributed by atoms with Crippen LogP contribution in [0, 0.1) is 5.82 Å². The van der Waals surface area contributed by atoms with Crippen molar-refractivity contribution in [2.75, 3.05) is 7.11 Å². The Balaban J connectivity index is 1.58. The van der Waals surface area contributed by atoms with Crippen LogP contribution in [0.2, 0.25) is 0 Å². The van der Waals surface area contributed by atoms with Gasteiger partial charge in [0.15, 0.2) is 11.0 Å². The number of nitrogens with zero attached hydrogens (tertiary/aromatic N) is 4. The summed E-state index contributed by atoms with van der Waals surface area (Å²) in [6.07, 6.45) is 0. The molecule has 0 aliphatic rings. The maximum atomic E-state index is 13.1. The van der Waals surface area contributed by atoms with Crippen LogP contribution in [0.4, 0.5) is 4.39 Å². The Labute approximate surface area is 174 Å². The summed E-state index contributed by atoms with van der Waals surface area (Å²) < 4.78 is 19.6. The molecule has 0 saturated carbocycles. The van der Waals surface area contributed by atoms with Crippen LogP contribution >= 0.6 is 11.8 Å². The second-order valence-electron chi connectivity index (χ2n) is 6.40. The van der Waals surface area contributed by atoms with Crippen LogP contribution in [0.15, 0.2) is 52.4 Å². The van der Waals surface area contributed by atoms with Crippen molar-refractivity contribution in [3.05, 3.63) is 70.0 Å². The molecule has 10 heteroatoms. The minimum Gasteiger partial charge on any atom is -0.465 e. The molecule has 0 aliphatic heterocycles. The van der Waals surface area contributed by atoms with Crippen LogP contribution < -0.4 is 5.56 Å². The van der Waals surface area contributed by atoms with Gasteiger partial charge in [0.05, 0.1) is 29.3 Å². The summed E-state index contributed by atoms with van der Waals surface area (Å²) in [4.78, 5) is 31.3. The largest absolute Gasteiger partial charge is 0.465 e. The number of halogens is 1. The molecule has 8 nitrogen and oxygen atoms in total. The maximum absolute atomic E-state index is 13.1. The van der Waals surface area contributed by atoms with Crippen LogP contribution in [-0.4, -0.2) is 37.8 Å². The van der Waals surface area contributed by atoms with Gasteiger partial charge in [0.25, 0.3) is 5.56 Å². The van der Waals surface area contributed by atoms with Crippen molar-refractivity contribution in [3.63, 3.8) is 0 Å². The lowest BCUT2D eigenvalue weighted by Crippen LogP contribution is -2.12. The van der Waals surface area contributed by atoms with Crippen molar-refractivity contribution >= 4 is 28.6 Å². The predicted octanol–water partition coefficient (Wildman–Crippen LogP) is 2.94. The Morgan fingerprint density at radius 3 is 2.70 bits per heavy atom. The van der Waals surface area contributed by atoms with E-state index in [-0.39, 0.29) is 11.4 Å². The monoisotopic (exact) mass is 425 g/mol. The molecule has 30 heavy (non-hydrogen) atoms. The van der Waals surface area contributed by atoms with E-state index in [9.17, 15) is 14.0 Å². The molecule has 0 unspecified atom stereocenters. The standard InChI is InChI=1S/C20H16FN5O3S/c1-26-17(11-3-6-13(21)7-4-11)24-25-20(26)30-10-16-22-15-9-12(19(28)29-2)5-8-14(15)18(27)23-16/h3-9H,10H2,1-2H3,(H,22,23,27). The van der Waals surface area contributed by atoms with Crippen LogP contribution in [0.5, 0.6) is 0 Å². The number of ether oxygens (including phenoxy) is 1. The van der Waals surface area contributed by atoms with E-state index in [0.29, 0.717) is 39.0 Å². The molecule has 152 valence electrons. The number of benzene rings is 2. The summed E-state index contributed by atoms with van der Waals surface area (Å²) in [6.45, 7) is 0. The highest BCUT2D eigenvalue weighted by molar-refractivity contribution is 7.98. The molecule has 0 radical (unpaired) electrons. The van der Waals surface area contributed by atoms with Crippen molar-refractivity contribution in [2.45, 2.75) is 10.9 Å². The van der Waals surface area contributed by atoms with Gasteiger partial charge >= 0.3 is 5.97 Å². The fourth-order valence-electron chi connectivity index (χ4n) is 2.92. The number of hydrogen-bond donors (Lipinski definition) is 1. The SMILES string of the molecule is COC(=O)c1ccc2c(=O)[nH]c(CSc3nnc(-c4ccc(F)cc4)n3C)nc2c1. The Morgan fingerprint density at radius 2 is 1.97 bits per heavy atom. The van der Waals surface area contributed by atoms with E-state index in [4.69, 9.17) is 4.74 Å². The first kappa shape index (κ1) is 19.8. The molecule has 0 fully saturated rings. The topological polar surface area (TPSA) is 103 Å². The van der Waals surface area contributed by atoms with Gasteiger partial charge < -0.3 is 14.3 Å². The molecule has 4 rings (SSSR count). The van der Waals surface area contributed by atoms with E-state index >= 15 is 0 Å². The third-order valence-electron chi connectivity index (χ3n) is 4.45. The van der Waals surface area contributed by atoms with Gasteiger partial charge in [-0.25, -0.2) is 14.2 Å². The first-order chi connectivity index (χ1) is 14.5. The molecule has 2 aromatic carbocycles. The average Bonchev–Trinajstić information content (AvgIpc) is 3.12. The minimum absolute atomic E-state index is 0.294. The van der Waals surface area contributed by atoms with Crippen LogP contribution in [0.3, 0.4) is 0 Å². The smallest absolute Gasteiger partial charge is 0.337 e. The van der Waals surface area contributed by atoms with E-state index < -0.39 is 5.97 Å². The predicted molar refractivity (Wildman–Crippen MR) is 110 cm³/mol. The van der Waals surface area contributed by atoms with E-state index in [2.05, 4.69) is 20.2 Å². The molecule has 2 heterocycles. The number of H-pyrrole nitrogens is 1.